The molecule has 2 aromatic rings. The molecule has 1 saturated heterocycles. The third kappa shape index (κ3) is 3.50. The van der Waals surface area contributed by atoms with E-state index in [1.165, 1.54) is 6.92 Å². The lowest BCUT2D eigenvalue weighted by molar-refractivity contribution is -0.142. The van der Waals surface area contributed by atoms with Gasteiger partial charge in [-0.3, -0.25) is 9.59 Å². The summed E-state index contributed by atoms with van der Waals surface area (Å²) in [6.07, 6.45) is 1.15. The third-order valence-corrected chi connectivity index (χ3v) is 4.48. The maximum absolute atomic E-state index is 11.6. The van der Waals surface area contributed by atoms with Crippen molar-refractivity contribution in [3.63, 3.8) is 0 Å². The van der Waals surface area contributed by atoms with Gasteiger partial charge < -0.3 is 15.3 Å². The molecule has 1 aromatic heterocycles. The van der Waals surface area contributed by atoms with E-state index in [1.54, 1.807) is 0 Å². The molecule has 0 unspecified atom stereocenters. The van der Waals surface area contributed by atoms with Gasteiger partial charge in [-0.25, -0.2) is 4.68 Å². The number of rotatable bonds is 4. The highest BCUT2D eigenvalue weighted by atomic mass is 16.4. The number of hydrogen-bond donors (Lipinski definition) is 2. The van der Waals surface area contributed by atoms with Crippen LogP contribution in [-0.4, -0.2) is 39.9 Å². The van der Waals surface area contributed by atoms with E-state index in [9.17, 15) is 14.7 Å². The molecule has 0 saturated carbocycles. The summed E-state index contributed by atoms with van der Waals surface area (Å²) >= 11 is 0. The fourth-order valence-electron chi connectivity index (χ4n) is 3.22. The number of carbonyl (C=O) groups is 2. The quantitative estimate of drug-likeness (QED) is 0.891. The van der Waals surface area contributed by atoms with Gasteiger partial charge in [-0.2, -0.15) is 5.10 Å². The zero-order valence-electron chi connectivity index (χ0n) is 14.4. The Morgan fingerprint density at radius 1 is 1.20 bits per heavy atom. The molecular formula is C18H22N4O3. The minimum Gasteiger partial charge on any atom is -0.481 e. The van der Waals surface area contributed by atoms with Gasteiger partial charge in [-0.15, -0.1) is 0 Å². The molecule has 1 fully saturated rings. The maximum atomic E-state index is 11.6. The number of para-hydroxylation sites is 1. The first-order valence-corrected chi connectivity index (χ1v) is 8.37. The van der Waals surface area contributed by atoms with Crippen LogP contribution < -0.4 is 10.2 Å². The highest BCUT2D eigenvalue weighted by Gasteiger charge is 2.29. The smallest absolute Gasteiger partial charge is 0.306 e. The van der Waals surface area contributed by atoms with Crippen molar-refractivity contribution in [2.75, 3.05) is 23.3 Å². The molecule has 1 amide bonds. The summed E-state index contributed by atoms with van der Waals surface area (Å²) in [4.78, 5) is 25.0. The summed E-state index contributed by atoms with van der Waals surface area (Å²) in [5.74, 6) is -0.399. The minimum absolute atomic E-state index is 0.155. The Kier molecular flexibility index (Phi) is 4.74. The molecular weight excluding hydrogens is 320 g/mol. The number of carboxylic acids is 1. The molecule has 132 valence electrons. The zero-order chi connectivity index (χ0) is 18.0. The number of amides is 1. The van der Waals surface area contributed by atoms with Crippen molar-refractivity contribution in [3.05, 3.63) is 36.0 Å². The van der Waals surface area contributed by atoms with Crippen molar-refractivity contribution >= 4 is 23.4 Å². The van der Waals surface area contributed by atoms with E-state index >= 15 is 0 Å². The topological polar surface area (TPSA) is 87.5 Å². The van der Waals surface area contributed by atoms with Gasteiger partial charge in [0.1, 0.15) is 5.69 Å². The summed E-state index contributed by atoms with van der Waals surface area (Å²) in [6.45, 7) is 4.56. The number of carbonyl (C=O) groups excluding carboxylic acids is 1. The number of aryl methyl sites for hydroxylation is 1. The Morgan fingerprint density at radius 2 is 1.84 bits per heavy atom. The van der Waals surface area contributed by atoms with Gasteiger partial charge in [0.25, 0.3) is 0 Å². The van der Waals surface area contributed by atoms with E-state index in [4.69, 9.17) is 0 Å². The number of carboxylic acid groups (broad SMARTS) is 1. The van der Waals surface area contributed by atoms with E-state index in [1.807, 2.05) is 41.9 Å². The van der Waals surface area contributed by atoms with Crippen LogP contribution in [0.5, 0.6) is 0 Å². The van der Waals surface area contributed by atoms with Gasteiger partial charge >= 0.3 is 5.97 Å². The predicted molar refractivity (Wildman–Crippen MR) is 95.2 cm³/mol. The molecule has 0 bridgehead atoms. The van der Waals surface area contributed by atoms with Crippen molar-refractivity contribution in [2.24, 2.45) is 5.92 Å². The molecule has 7 heteroatoms. The second kappa shape index (κ2) is 6.96. The SMILES string of the molecule is CC(=O)Nc1c(C)nn(-c2ccccc2)c1N1CCC(C(=O)O)CC1. The van der Waals surface area contributed by atoms with Crippen LogP contribution in [0.3, 0.4) is 0 Å². The third-order valence-electron chi connectivity index (χ3n) is 4.48. The van der Waals surface area contributed by atoms with E-state index in [0.717, 1.165) is 17.2 Å². The number of nitrogens with zero attached hydrogens (tertiary/aromatic N) is 3. The maximum Gasteiger partial charge on any atom is 0.306 e. The van der Waals surface area contributed by atoms with Crippen molar-refractivity contribution in [2.45, 2.75) is 26.7 Å². The molecule has 2 N–H and O–H groups in total. The number of hydrogen-bond acceptors (Lipinski definition) is 4. The Bertz CT molecular complexity index is 777. The molecule has 0 aliphatic carbocycles. The normalized spacial score (nSPS) is 15.2. The molecule has 7 nitrogen and oxygen atoms in total. The molecule has 0 radical (unpaired) electrons. The van der Waals surface area contributed by atoms with Gasteiger partial charge in [0.05, 0.1) is 17.3 Å². The molecule has 1 aromatic carbocycles. The molecule has 3 rings (SSSR count). The molecule has 1 aliphatic heterocycles. The highest BCUT2D eigenvalue weighted by Crippen LogP contribution is 2.34. The number of nitrogens with one attached hydrogen (secondary N) is 1. The Morgan fingerprint density at radius 3 is 2.40 bits per heavy atom. The van der Waals surface area contributed by atoms with Crippen LogP contribution in [0.2, 0.25) is 0 Å². The second-order valence-electron chi connectivity index (χ2n) is 6.31. The highest BCUT2D eigenvalue weighted by molar-refractivity contribution is 5.93. The summed E-state index contributed by atoms with van der Waals surface area (Å²) < 4.78 is 1.82. The fourth-order valence-corrected chi connectivity index (χ4v) is 3.22. The van der Waals surface area contributed by atoms with Crippen LogP contribution in [0.15, 0.2) is 30.3 Å². The van der Waals surface area contributed by atoms with Crippen molar-refractivity contribution in [1.29, 1.82) is 0 Å². The average Bonchev–Trinajstić information content (AvgIpc) is 2.92. The molecule has 1 aliphatic rings. The van der Waals surface area contributed by atoms with Crippen LogP contribution in [0.25, 0.3) is 5.69 Å². The van der Waals surface area contributed by atoms with Crippen molar-refractivity contribution < 1.29 is 14.7 Å². The number of benzene rings is 1. The number of anilines is 2. The number of aliphatic carboxylic acids is 1. The monoisotopic (exact) mass is 342 g/mol. The number of piperidine rings is 1. The molecule has 0 atom stereocenters. The minimum atomic E-state index is -0.741. The van der Waals surface area contributed by atoms with Crippen molar-refractivity contribution in [3.8, 4) is 5.69 Å². The Labute approximate surface area is 146 Å². The Balaban J connectivity index is 2.00. The standard InChI is InChI=1S/C18H22N4O3/c1-12-16(19-13(2)23)17(21-10-8-14(9-11-21)18(24)25)22(20-12)15-6-4-3-5-7-15/h3-7,14H,8-11H2,1-2H3,(H,19,23)(H,24,25). The van der Waals surface area contributed by atoms with Crippen LogP contribution in [0, 0.1) is 12.8 Å². The molecule has 0 spiro atoms. The van der Waals surface area contributed by atoms with Gasteiger partial charge in [-0.05, 0) is 31.9 Å². The van der Waals surface area contributed by atoms with Crippen LogP contribution >= 0.6 is 0 Å². The van der Waals surface area contributed by atoms with E-state index in [-0.39, 0.29) is 11.8 Å². The first-order valence-electron chi connectivity index (χ1n) is 8.37. The fraction of sp³-hybridized carbons (Fsp3) is 0.389. The van der Waals surface area contributed by atoms with E-state index in [0.29, 0.717) is 31.6 Å². The van der Waals surface area contributed by atoms with Gasteiger partial charge in [-0.1, -0.05) is 18.2 Å². The zero-order valence-corrected chi connectivity index (χ0v) is 14.4. The summed E-state index contributed by atoms with van der Waals surface area (Å²) in [5.41, 5.74) is 2.32. The predicted octanol–water partition coefficient (Wildman–Crippen LogP) is 2.44. The van der Waals surface area contributed by atoms with E-state index in [2.05, 4.69) is 15.3 Å². The van der Waals surface area contributed by atoms with Crippen LogP contribution in [-0.2, 0) is 9.59 Å². The van der Waals surface area contributed by atoms with Crippen LogP contribution in [0.4, 0.5) is 11.5 Å². The lowest BCUT2D eigenvalue weighted by atomic mass is 9.97. The van der Waals surface area contributed by atoms with Gasteiger partial charge in [0.15, 0.2) is 5.82 Å². The summed E-state index contributed by atoms with van der Waals surface area (Å²) in [5, 5.41) is 16.7. The van der Waals surface area contributed by atoms with Crippen LogP contribution in [0.1, 0.15) is 25.5 Å². The largest absolute Gasteiger partial charge is 0.481 e. The second-order valence-corrected chi connectivity index (χ2v) is 6.31. The summed E-state index contributed by atoms with van der Waals surface area (Å²) in [6, 6.07) is 9.72. The summed E-state index contributed by atoms with van der Waals surface area (Å²) in [7, 11) is 0. The molecule has 2 heterocycles. The van der Waals surface area contributed by atoms with Crippen molar-refractivity contribution in [1.82, 2.24) is 9.78 Å². The van der Waals surface area contributed by atoms with Gasteiger partial charge in [0, 0.05) is 20.0 Å². The first-order chi connectivity index (χ1) is 12.0. The lowest BCUT2D eigenvalue weighted by Crippen LogP contribution is -2.37. The lowest BCUT2D eigenvalue weighted by Gasteiger charge is -2.32. The number of aromatic nitrogens is 2. The van der Waals surface area contributed by atoms with Gasteiger partial charge in [0.2, 0.25) is 5.91 Å². The molecule has 25 heavy (non-hydrogen) atoms. The van der Waals surface area contributed by atoms with E-state index < -0.39 is 5.97 Å². The Hall–Kier alpha value is -2.83. The average molecular weight is 342 g/mol. The first kappa shape index (κ1) is 17.0.